The smallest absolute Gasteiger partial charge is 0.254 e. The zero-order valence-electron chi connectivity index (χ0n) is 18.9. The van der Waals surface area contributed by atoms with Gasteiger partial charge in [-0.3, -0.25) is 4.79 Å². The Hall–Kier alpha value is -2.89. The lowest BCUT2D eigenvalue weighted by Gasteiger charge is -2.24. The van der Waals surface area contributed by atoms with E-state index in [4.69, 9.17) is 5.26 Å². The molecule has 0 aliphatic carbocycles. The lowest BCUT2D eigenvalue weighted by atomic mass is 10.1. The number of hydrogen-bond donors (Lipinski definition) is 0. The van der Waals surface area contributed by atoms with Gasteiger partial charge in [0, 0.05) is 50.5 Å². The number of anilines is 1. The van der Waals surface area contributed by atoms with Crippen molar-refractivity contribution in [1.29, 1.82) is 5.26 Å². The molecule has 0 N–H and O–H groups in total. The number of amides is 1. The quantitative estimate of drug-likeness (QED) is 0.669. The second-order valence-corrected chi connectivity index (χ2v) is 9.80. The molecule has 0 atom stereocenters. The highest BCUT2D eigenvalue weighted by Crippen LogP contribution is 2.22. The number of carbonyl (C=O) groups excluding carboxylic acids is 1. The molecule has 2 aromatic rings. The van der Waals surface area contributed by atoms with Crippen molar-refractivity contribution >= 4 is 21.6 Å². The molecule has 32 heavy (non-hydrogen) atoms. The molecule has 1 fully saturated rings. The fourth-order valence-electron chi connectivity index (χ4n) is 4.00. The number of benzene rings is 2. The fraction of sp³-hybridized carbons (Fsp3) is 0.417. The van der Waals surface area contributed by atoms with E-state index in [1.54, 1.807) is 43.0 Å². The Kier molecular flexibility index (Phi) is 7.54. The largest absolute Gasteiger partial charge is 0.370 e. The summed E-state index contributed by atoms with van der Waals surface area (Å²) in [5.74, 6) is -0.138. The minimum Gasteiger partial charge on any atom is -0.370 e. The first kappa shape index (κ1) is 23.8. The summed E-state index contributed by atoms with van der Waals surface area (Å²) in [5.41, 5.74) is 2.85. The topological polar surface area (TPSA) is 84.7 Å². The molecule has 8 heteroatoms. The molecule has 0 unspecified atom stereocenters. The SMILES string of the molecule is CCN(CC)S(=O)(=O)c1ccc(C)c(C(=O)N2CCCN(c3ccc(C#N)cc3)CC2)c1. The van der Waals surface area contributed by atoms with Crippen LogP contribution >= 0.6 is 0 Å². The highest BCUT2D eigenvalue weighted by atomic mass is 32.2. The van der Waals surface area contributed by atoms with Crippen LogP contribution in [0, 0.1) is 18.3 Å². The number of carbonyl (C=O) groups is 1. The molecule has 1 heterocycles. The van der Waals surface area contributed by atoms with E-state index in [9.17, 15) is 13.2 Å². The van der Waals surface area contributed by atoms with Crippen molar-refractivity contribution in [1.82, 2.24) is 9.21 Å². The Balaban J connectivity index is 1.79. The molecule has 2 aromatic carbocycles. The van der Waals surface area contributed by atoms with Crippen molar-refractivity contribution in [2.75, 3.05) is 44.2 Å². The van der Waals surface area contributed by atoms with Crippen LogP contribution < -0.4 is 4.90 Å². The van der Waals surface area contributed by atoms with E-state index in [0.29, 0.717) is 43.9 Å². The van der Waals surface area contributed by atoms with E-state index < -0.39 is 10.0 Å². The summed E-state index contributed by atoms with van der Waals surface area (Å²) in [6.07, 6.45) is 0.808. The Morgan fingerprint density at radius 1 is 1.03 bits per heavy atom. The van der Waals surface area contributed by atoms with E-state index in [-0.39, 0.29) is 10.8 Å². The van der Waals surface area contributed by atoms with Gasteiger partial charge >= 0.3 is 0 Å². The van der Waals surface area contributed by atoms with Gasteiger partial charge in [0.05, 0.1) is 16.5 Å². The summed E-state index contributed by atoms with van der Waals surface area (Å²) >= 11 is 0. The minimum atomic E-state index is -3.63. The minimum absolute atomic E-state index is 0.138. The predicted octanol–water partition coefficient (Wildman–Crippen LogP) is 3.25. The highest BCUT2D eigenvalue weighted by molar-refractivity contribution is 7.89. The van der Waals surface area contributed by atoms with E-state index >= 15 is 0 Å². The Bertz CT molecular complexity index is 1100. The van der Waals surface area contributed by atoms with Crippen molar-refractivity contribution in [3.05, 3.63) is 59.2 Å². The van der Waals surface area contributed by atoms with Crippen LogP contribution in [0.4, 0.5) is 5.69 Å². The third kappa shape index (κ3) is 4.95. The number of aryl methyl sites for hydroxylation is 1. The first-order chi connectivity index (χ1) is 15.3. The summed E-state index contributed by atoms with van der Waals surface area (Å²) in [6.45, 7) is 8.85. The van der Waals surface area contributed by atoms with Crippen molar-refractivity contribution in [2.24, 2.45) is 0 Å². The van der Waals surface area contributed by atoms with Crippen LogP contribution in [0.15, 0.2) is 47.4 Å². The van der Waals surface area contributed by atoms with E-state index in [2.05, 4.69) is 11.0 Å². The van der Waals surface area contributed by atoms with Crippen LogP contribution in [0.3, 0.4) is 0 Å². The van der Waals surface area contributed by atoms with Gasteiger partial charge in [-0.05, 0) is 55.3 Å². The van der Waals surface area contributed by atoms with Crippen LogP contribution in [0.25, 0.3) is 0 Å². The van der Waals surface area contributed by atoms with Gasteiger partial charge in [-0.2, -0.15) is 9.57 Å². The molecule has 0 bridgehead atoms. The van der Waals surface area contributed by atoms with E-state index in [1.165, 1.54) is 10.4 Å². The lowest BCUT2D eigenvalue weighted by Crippen LogP contribution is -2.36. The highest BCUT2D eigenvalue weighted by Gasteiger charge is 2.26. The molecule has 170 valence electrons. The van der Waals surface area contributed by atoms with E-state index in [0.717, 1.165) is 24.2 Å². The van der Waals surface area contributed by atoms with Crippen molar-refractivity contribution in [3.63, 3.8) is 0 Å². The van der Waals surface area contributed by atoms with Crippen LogP contribution in [0.2, 0.25) is 0 Å². The molecule has 1 saturated heterocycles. The van der Waals surface area contributed by atoms with Gasteiger partial charge in [0.2, 0.25) is 10.0 Å². The van der Waals surface area contributed by atoms with Gasteiger partial charge in [0.25, 0.3) is 5.91 Å². The van der Waals surface area contributed by atoms with Crippen LogP contribution in [0.5, 0.6) is 0 Å². The molecule has 7 nitrogen and oxygen atoms in total. The summed E-state index contributed by atoms with van der Waals surface area (Å²) in [6, 6.07) is 14.4. The normalized spacial score (nSPS) is 14.8. The van der Waals surface area contributed by atoms with Crippen LogP contribution in [-0.4, -0.2) is 62.8 Å². The number of rotatable bonds is 6. The monoisotopic (exact) mass is 454 g/mol. The van der Waals surface area contributed by atoms with Crippen molar-refractivity contribution in [2.45, 2.75) is 32.1 Å². The zero-order chi connectivity index (χ0) is 23.3. The molecule has 0 spiro atoms. The lowest BCUT2D eigenvalue weighted by molar-refractivity contribution is 0.0766. The molecule has 1 aliphatic heterocycles. The summed E-state index contributed by atoms with van der Waals surface area (Å²) < 4.78 is 27.3. The maximum Gasteiger partial charge on any atom is 0.254 e. The zero-order valence-corrected chi connectivity index (χ0v) is 19.7. The van der Waals surface area contributed by atoms with Gasteiger partial charge in [0.15, 0.2) is 0 Å². The standard InChI is InChI=1S/C24H30N4O3S/c1-4-28(5-2)32(30,31)22-12-7-19(3)23(17-22)24(29)27-14-6-13-26(15-16-27)21-10-8-20(18-25)9-11-21/h7-12,17H,4-6,13-16H2,1-3H3. The molecule has 0 saturated carbocycles. The molecule has 0 aromatic heterocycles. The first-order valence-corrected chi connectivity index (χ1v) is 12.4. The Morgan fingerprint density at radius 2 is 1.72 bits per heavy atom. The van der Waals surface area contributed by atoms with Crippen molar-refractivity contribution < 1.29 is 13.2 Å². The molecule has 3 rings (SSSR count). The molecular weight excluding hydrogens is 424 g/mol. The second-order valence-electron chi connectivity index (χ2n) is 7.86. The second kappa shape index (κ2) is 10.2. The number of sulfonamides is 1. The average Bonchev–Trinajstić information content (AvgIpc) is 3.06. The summed E-state index contributed by atoms with van der Waals surface area (Å²) in [5, 5.41) is 8.99. The third-order valence-corrected chi connectivity index (χ3v) is 7.97. The third-order valence-electron chi connectivity index (χ3n) is 5.93. The fourth-order valence-corrected chi connectivity index (χ4v) is 5.49. The maximum absolute atomic E-state index is 13.4. The first-order valence-electron chi connectivity index (χ1n) is 11.0. The number of hydrogen-bond acceptors (Lipinski definition) is 5. The Morgan fingerprint density at radius 3 is 2.34 bits per heavy atom. The summed E-state index contributed by atoms with van der Waals surface area (Å²) in [4.78, 5) is 17.5. The van der Waals surface area contributed by atoms with Gasteiger partial charge < -0.3 is 9.80 Å². The van der Waals surface area contributed by atoms with Gasteiger partial charge in [0.1, 0.15) is 0 Å². The molecular formula is C24H30N4O3S. The van der Waals surface area contributed by atoms with Crippen LogP contribution in [0.1, 0.15) is 41.8 Å². The number of nitrogens with zero attached hydrogens (tertiary/aromatic N) is 4. The average molecular weight is 455 g/mol. The van der Waals surface area contributed by atoms with Gasteiger partial charge in [-0.15, -0.1) is 0 Å². The Labute approximate surface area is 190 Å². The van der Waals surface area contributed by atoms with Gasteiger partial charge in [-0.1, -0.05) is 19.9 Å². The predicted molar refractivity (Wildman–Crippen MR) is 125 cm³/mol. The molecule has 1 amide bonds. The number of nitriles is 1. The molecule has 0 radical (unpaired) electrons. The van der Waals surface area contributed by atoms with Crippen LogP contribution in [-0.2, 0) is 10.0 Å². The van der Waals surface area contributed by atoms with Crippen molar-refractivity contribution in [3.8, 4) is 6.07 Å². The maximum atomic E-state index is 13.4. The molecule has 1 aliphatic rings. The summed E-state index contributed by atoms with van der Waals surface area (Å²) in [7, 11) is -3.63. The van der Waals surface area contributed by atoms with E-state index in [1.807, 2.05) is 19.1 Å². The van der Waals surface area contributed by atoms with Gasteiger partial charge in [-0.25, -0.2) is 8.42 Å².